The van der Waals surface area contributed by atoms with Gasteiger partial charge in [0, 0.05) is 37.8 Å². The van der Waals surface area contributed by atoms with Gasteiger partial charge in [-0.3, -0.25) is 4.90 Å². The quantitative estimate of drug-likeness (QED) is 0.839. The second-order valence-corrected chi connectivity index (χ2v) is 5.70. The van der Waals surface area contributed by atoms with Gasteiger partial charge < -0.3 is 10.4 Å². The number of benzene rings is 1. The number of hydrogen-bond donors (Lipinski definition) is 2. The standard InChI is InChI=1S/C15H20ClFN2O/c1-10(2)7-14(19-5-3-18-4-6-19)12-8-11(17)9-13(16)15(12)20/h8-9,14,18,20H,1,3-7H2,2H3/t14-/m1/s1. The number of aromatic hydroxyl groups is 1. The average Bonchev–Trinajstić information content (AvgIpc) is 2.41. The zero-order chi connectivity index (χ0) is 14.7. The fourth-order valence-electron chi connectivity index (χ4n) is 2.60. The van der Waals surface area contributed by atoms with Gasteiger partial charge in [0.2, 0.25) is 0 Å². The number of piperazine rings is 1. The van der Waals surface area contributed by atoms with Crippen molar-refractivity contribution in [2.75, 3.05) is 26.2 Å². The molecule has 20 heavy (non-hydrogen) atoms. The monoisotopic (exact) mass is 298 g/mol. The van der Waals surface area contributed by atoms with Crippen LogP contribution in [0.3, 0.4) is 0 Å². The predicted octanol–water partition coefficient (Wildman–Crippen LogP) is 3.10. The van der Waals surface area contributed by atoms with Crippen LogP contribution in [0.15, 0.2) is 24.3 Å². The van der Waals surface area contributed by atoms with Gasteiger partial charge in [0.25, 0.3) is 0 Å². The highest BCUT2D eigenvalue weighted by Crippen LogP contribution is 2.38. The molecular formula is C15H20ClFN2O. The van der Waals surface area contributed by atoms with Crippen LogP contribution in [0.1, 0.15) is 24.9 Å². The largest absolute Gasteiger partial charge is 0.506 e. The summed E-state index contributed by atoms with van der Waals surface area (Å²) >= 11 is 5.90. The zero-order valence-corrected chi connectivity index (χ0v) is 12.4. The smallest absolute Gasteiger partial charge is 0.139 e. The van der Waals surface area contributed by atoms with E-state index in [2.05, 4.69) is 16.8 Å². The van der Waals surface area contributed by atoms with Gasteiger partial charge in [0.15, 0.2) is 0 Å². The van der Waals surface area contributed by atoms with Crippen molar-refractivity contribution in [3.8, 4) is 5.75 Å². The van der Waals surface area contributed by atoms with Gasteiger partial charge in [-0.2, -0.15) is 0 Å². The van der Waals surface area contributed by atoms with Crippen molar-refractivity contribution < 1.29 is 9.50 Å². The first-order chi connectivity index (χ1) is 9.49. The normalized spacial score (nSPS) is 17.9. The SMILES string of the molecule is C=C(C)C[C@H](c1cc(F)cc(Cl)c1O)N1CCNCC1. The van der Waals surface area contributed by atoms with Crippen LogP contribution in [0, 0.1) is 5.82 Å². The van der Waals surface area contributed by atoms with E-state index in [9.17, 15) is 9.50 Å². The lowest BCUT2D eigenvalue weighted by atomic mass is 9.97. The molecule has 1 fully saturated rings. The Hall–Kier alpha value is -1.10. The third-order valence-electron chi connectivity index (χ3n) is 3.55. The number of rotatable bonds is 4. The second-order valence-electron chi connectivity index (χ2n) is 5.29. The Morgan fingerprint density at radius 3 is 2.75 bits per heavy atom. The zero-order valence-electron chi connectivity index (χ0n) is 11.6. The molecule has 1 atom stereocenters. The van der Waals surface area contributed by atoms with Crippen LogP contribution >= 0.6 is 11.6 Å². The predicted molar refractivity (Wildman–Crippen MR) is 79.7 cm³/mol. The molecule has 1 aromatic carbocycles. The summed E-state index contributed by atoms with van der Waals surface area (Å²) in [5, 5.41) is 13.5. The van der Waals surface area contributed by atoms with Crippen molar-refractivity contribution in [2.24, 2.45) is 0 Å². The topological polar surface area (TPSA) is 35.5 Å². The number of hydrogen-bond acceptors (Lipinski definition) is 3. The highest BCUT2D eigenvalue weighted by atomic mass is 35.5. The Kier molecular flexibility index (Phi) is 5.02. The fourth-order valence-corrected chi connectivity index (χ4v) is 2.81. The van der Waals surface area contributed by atoms with Gasteiger partial charge in [-0.1, -0.05) is 17.2 Å². The molecule has 0 bridgehead atoms. The molecule has 2 rings (SSSR count). The molecule has 0 amide bonds. The number of halogens is 2. The molecule has 5 heteroatoms. The van der Waals surface area contributed by atoms with Crippen LogP contribution in [0.2, 0.25) is 5.02 Å². The number of phenolic OH excluding ortho intramolecular Hbond substituents is 1. The molecule has 0 aromatic heterocycles. The molecule has 110 valence electrons. The van der Waals surface area contributed by atoms with E-state index in [0.29, 0.717) is 12.0 Å². The van der Waals surface area contributed by atoms with Crippen molar-refractivity contribution >= 4 is 11.6 Å². The van der Waals surface area contributed by atoms with E-state index in [1.807, 2.05) is 6.92 Å². The van der Waals surface area contributed by atoms with Gasteiger partial charge in [0.05, 0.1) is 5.02 Å². The van der Waals surface area contributed by atoms with Crippen LogP contribution in [0.4, 0.5) is 4.39 Å². The summed E-state index contributed by atoms with van der Waals surface area (Å²) in [6.07, 6.45) is 0.674. The summed E-state index contributed by atoms with van der Waals surface area (Å²) in [4.78, 5) is 2.23. The molecule has 1 aliphatic heterocycles. The van der Waals surface area contributed by atoms with Crippen LogP contribution in [0.5, 0.6) is 5.75 Å². The number of phenols is 1. The summed E-state index contributed by atoms with van der Waals surface area (Å²) in [6.45, 7) is 9.35. The Morgan fingerprint density at radius 2 is 2.15 bits per heavy atom. The lowest BCUT2D eigenvalue weighted by Crippen LogP contribution is -2.45. The van der Waals surface area contributed by atoms with Crippen molar-refractivity contribution in [1.29, 1.82) is 0 Å². The molecule has 1 aromatic rings. The minimum atomic E-state index is -0.426. The maximum atomic E-state index is 13.6. The minimum absolute atomic E-state index is 0.0298. The summed E-state index contributed by atoms with van der Waals surface area (Å²) < 4.78 is 13.6. The molecule has 1 aliphatic rings. The molecule has 0 radical (unpaired) electrons. The molecule has 3 nitrogen and oxygen atoms in total. The lowest BCUT2D eigenvalue weighted by Gasteiger charge is -2.35. The maximum absolute atomic E-state index is 13.6. The van der Waals surface area contributed by atoms with Crippen molar-refractivity contribution in [3.63, 3.8) is 0 Å². The Morgan fingerprint density at radius 1 is 1.50 bits per heavy atom. The van der Waals surface area contributed by atoms with Gasteiger partial charge in [-0.25, -0.2) is 4.39 Å². The lowest BCUT2D eigenvalue weighted by molar-refractivity contribution is 0.169. The summed E-state index contributed by atoms with van der Waals surface area (Å²) in [5.74, 6) is -0.456. The van der Waals surface area contributed by atoms with E-state index in [1.54, 1.807) is 0 Å². The van der Waals surface area contributed by atoms with E-state index in [-0.39, 0.29) is 16.8 Å². The summed E-state index contributed by atoms with van der Waals surface area (Å²) in [5.41, 5.74) is 1.54. The van der Waals surface area contributed by atoms with E-state index >= 15 is 0 Å². The van der Waals surface area contributed by atoms with Crippen LogP contribution in [-0.2, 0) is 0 Å². The third-order valence-corrected chi connectivity index (χ3v) is 3.84. The first kappa shape index (κ1) is 15.3. The Labute approximate surface area is 124 Å². The third kappa shape index (κ3) is 3.51. The number of nitrogens with zero attached hydrogens (tertiary/aromatic N) is 1. The molecule has 0 saturated carbocycles. The molecule has 1 saturated heterocycles. The van der Waals surface area contributed by atoms with Gasteiger partial charge in [0.1, 0.15) is 11.6 Å². The Balaban J connectivity index is 2.37. The van der Waals surface area contributed by atoms with Crippen LogP contribution in [-0.4, -0.2) is 36.2 Å². The summed E-state index contributed by atoms with van der Waals surface area (Å²) in [6, 6.07) is 2.41. The molecule has 0 aliphatic carbocycles. The van der Waals surface area contributed by atoms with Crippen LogP contribution in [0.25, 0.3) is 0 Å². The Bertz CT molecular complexity index is 501. The highest BCUT2D eigenvalue weighted by molar-refractivity contribution is 6.32. The second kappa shape index (κ2) is 6.57. The van der Waals surface area contributed by atoms with Gasteiger partial charge >= 0.3 is 0 Å². The van der Waals surface area contributed by atoms with Crippen molar-refractivity contribution in [1.82, 2.24) is 10.2 Å². The van der Waals surface area contributed by atoms with Crippen molar-refractivity contribution in [2.45, 2.75) is 19.4 Å². The van der Waals surface area contributed by atoms with E-state index in [4.69, 9.17) is 11.6 Å². The minimum Gasteiger partial charge on any atom is -0.506 e. The molecule has 0 unspecified atom stereocenters. The first-order valence-corrected chi connectivity index (χ1v) is 7.14. The molecule has 2 N–H and O–H groups in total. The van der Waals surface area contributed by atoms with Crippen molar-refractivity contribution in [3.05, 3.63) is 40.7 Å². The van der Waals surface area contributed by atoms with Crippen LogP contribution < -0.4 is 5.32 Å². The van der Waals surface area contributed by atoms with Gasteiger partial charge in [-0.15, -0.1) is 6.58 Å². The first-order valence-electron chi connectivity index (χ1n) is 6.76. The summed E-state index contributed by atoms with van der Waals surface area (Å²) in [7, 11) is 0. The maximum Gasteiger partial charge on any atom is 0.139 e. The van der Waals surface area contributed by atoms with E-state index in [0.717, 1.165) is 37.8 Å². The average molecular weight is 299 g/mol. The molecule has 1 heterocycles. The molecule has 0 spiro atoms. The highest BCUT2D eigenvalue weighted by Gasteiger charge is 2.26. The van der Waals surface area contributed by atoms with E-state index in [1.165, 1.54) is 6.07 Å². The van der Waals surface area contributed by atoms with Gasteiger partial charge in [-0.05, 0) is 25.5 Å². The fraction of sp³-hybridized carbons (Fsp3) is 0.467. The van der Waals surface area contributed by atoms with E-state index < -0.39 is 5.82 Å². The number of nitrogens with one attached hydrogen (secondary N) is 1. The molecular weight excluding hydrogens is 279 g/mol.